The van der Waals surface area contributed by atoms with Crippen LogP contribution in [0.25, 0.3) is 0 Å². The molecule has 0 bridgehead atoms. The summed E-state index contributed by atoms with van der Waals surface area (Å²) >= 11 is 2.00. The lowest BCUT2D eigenvalue weighted by Crippen LogP contribution is -1.97. The molecule has 0 aromatic heterocycles. The number of thioether (sulfide) groups is 1. The number of benzene rings is 1. The summed E-state index contributed by atoms with van der Waals surface area (Å²) in [6, 6.07) is 6.54. The van der Waals surface area contributed by atoms with Crippen molar-refractivity contribution in [2.24, 2.45) is 5.73 Å². The summed E-state index contributed by atoms with van der Waals surface area (Å²) in [7, 11) is 0. The molecule has 0 spiro atoms. The van der Waals surface area contributed by atoms with Crippen LogP contribution in [0.5, 0.6) is 0 Å². The normalized spacial score (nSPS) is 10.5. The predicted octanol–water partition coefficient (Wildman–Crippen LogP) is 3.10. The van der Waals surface area contributed by atoms with Gasteiger partial charge in [-0.25, -0.2) is 0 Å². The van der Waals surface area contributed by atoms with Gasteiger partial charge < -0.3 is 5.73 Å². The van der Waals surface area contributed by atoms with E-state index in [0.717, 1.165) is 5.75 Å². The summed E-state index contributed by atoms with van der Waals surface area (Å²) in [5.41, 5.74) is 9.63. The van der Waals surface area contributed by atoms with Gasteiger partial charge in [0.2, 0.25) is 0 Å². The third-order valence-electron chi connectivity index (χ3n) is 2.25. The summed E-state index contributed by atoms with van der Waals surface area (Å²) in [6.45, 7) is 5.03. The molecule has 2 heteroatoms. The maximum Gasteiger partial charge on any atom is 0.0187 e. The molecular weight excluding hydrogens is 190 g/mol. The SMILES string of the molecule is CCCSCc1ccc(CN)cc1C. The average Bonchev–Trinajstić information content (AvgIpc) is 2.20. The van der Waals surface area contributed by atoms with Crippen molar-refractivity contribution in [2.75, 3.05) is 5.75 Å². The Labute approximate surface area is 91.1 Å². The first kappa shape index (κ1) is 11.6. The van der Waals surface area contributed by atoms with Gasteiger partial charge in [0.25, 0.3) is 0 Å². The van der Waals surface area contributed by atoms with Crippen LogP contribution in [0.2, 0.25) is 0 Å². The van der Waals surface area contributed by atoms with Crippen molar-refractivity contribution in [1.82, 2.24) is 0 Å². The van der Waals surface area contributed by atoms with Crippen LogP contribution in [-0.2, 0) is 12.3 Å². The number of rotatable bonds is 5. The number of nitrogens with two attached hydrogens (primary N) is 1. The molecule has 0 aliphatic heterocycles. The quantitative estimate of drug-likeness (QED) is 0.754. The summed E-state index contributed by atoms with van der Waals surface area (Å²) in [6.07, 6.45) is 1.25. The Morgan fingerprint density at radius 1 is 1.36 bits per heavy atom. The Kier molecular flexibility index (Phi) is 5.05. The van der Waals surface area contributed by atoms with Crippen molar-refractivity contribution >= 4 is 11.8 Å². The van der Waals surface area contributed by atoms with E-state index in [2.05, 4.69) is 32.0 Å². The molecule has 0 radical (unpaired) electrons. The van der Waals surface area contributed by atoms with Crippen molar-refractivity contribution in [3.8, 4) is 0 Å². The highest BCUT2D eigenvalue weighted by molar-refractivity contribution is 7.98. The molecule has 1 aromatic carbocycles. The van der Waals surface area contributed by atoms with Gasteiger partial charge in [0, 0.05) is 12.3 Å². The lowest BCUT2D eigenvalue weighted by molar-refractivity contribution is 1.06. The molecule has 78 valence electrons. The highest BCUT2D eigenvalue weighted by atomic mass is 32.2. The average molecular weight is 209 g/mol. The number of aryl methyl sites for hydroxylation is 1. The van der Waals surface area contributed by atoms with E-state index in [1.54, 1.807) is 0 Å². The number of hydrogen-bond donors (Lipinski definition) is 1. The molecule has 0 unspecified atom stereocenters. The van der Waals surface area contributed by atoms with Gasteiger partial charge in [0.1, 0.15) is 0 Å². The van der Waals surface area contributed by atoms with Crippen LogP contribution in [-0.4, -0.2) is 5.75 Å². The van der Waals surface area contributed by atoms with E-state index in [1.807, 2.05) is 11.8 Å². The molecule has 1 rings (SSSR count). The molecule has 0 atom stereocenters. The van der Waals surface area contributed by atoms with Crippen molar-refractivity contribution in [3.63, 3.8) is 0 Å². The summed E-state index contributed by atoms with van der Waals surface area (Å²) < 4.78 is 0. The molecule has 0 aliphatic carbocycles. The van der Waals surface area contributed by atoms with Gasteiger partial charge in [0.15, 0.2) is 0 Å². The third kappa shape index (κ3) is 3.35. The molecule has 1 aromatic rings. The van der Waals surface area contributed by atoms with Crippen LogP contribution in [0, 0.1) is 6.92 Å². The number of hydrogen-bond acceptors (Lipinski definition) is 2. The van der Waals surface area contributed by atoms with Crippen LogP contribution >= 0.6 is 11.8 Å². The fourth-order valence-electron chi connectivity index (χ4n) is 1.37. The minimum Gasteiger partial charge on any atom is -0.326 e. The maximum absolute atomic E-state index is 5.59. The zero-order chi connectivity index (χ0) is 10.4. The fraction of sp³-hybridized carbons (Fsp3) is 0.500. The van der Waals surface area contributed by atoms with Gasteiger partial charge in [0.05, 0.1) is 0 Å². The van der Waals surface area contributed by atoms with Gasteiger partial charge in [-0.2, -0.15) is 11.8 Å². The molecule has 0 aliphatic rings. The molecule has 0 saturated heterocycles. The van der Waals surface area contributed by atoms with E-state index in [4.69, 9.17) is 5.73 Å². The molecular formula is C12H19NS. The maximum atomic E-state index is 5.59. The van der Waals surface area contributed by atoms with Crippen molar-refractivity contribution in [2.45, 2.75) is 32.6 Å². The Bertz CT molecular complexity index is 284. The van der Waals surface area contributed by atoms with E-state index in [9.17, 15) is 0 Å². The second-order valence-corrected chi connectivity index (χ2v) is 4.62. The standard InChI is InChI=1S/C12H19NS/c1-3-6-14-9-12-5-4-11(8-13)7-10(12)2/h4-5,7H,3,6,8-9,13H2,1-2H3. The lowest BCUT2D eigenvalue weighted by atomic mass is 10.1. The minimum absolute atomic E-state index is 0.642. The fourth-order valence-corrected chi connectivity index (χ4v) is 2.35. The van der Waals surface area contributed by atoms with Crippen LogP contribution in [0.4, 0.5) is 0 Å². The van der Waals surface area contributed by atoms with E-state index in [1.165, 1.54) is 28.9 Å². The molecule has 0 saturated carbocycles. The Morgan fingerprint density at radius 3 is 2.71 bits per heavy atom. The highest BCUT2D eigenvalue weighted by Crippen LogP contribution is 2.17. The first-order valence-electron chi connectivity index (χ1n) is 5.14. The summed E-state index contributed by atoms with van der Waals surface area (Å²) in [4.78, 5) is 0. The van der Waals surface area contributed by atoms with Crippen molar-refractivity contribution < 1.29 is 0 Å². The van der Waals surface area contributed by atoms with E-state index in [0.29, 0.717) is 6.54 Å². The van der Waals surface area contributed by atoms with Gasteiger partial charge >= 0.3 is 0 Å². The molecule has 1 nitrogen and oxygen atoms in total. The second kappa shape index (κ2) is 6.10. The molecule has 0 amide bonds. The van der Waals surface area contributed by atoms with Crippen molar-refractivity contribution in [1.29, 1.82) is 0 Å². The first-order valence-corrected chi connectivity index (χ1v) is 6.29. The lowest BCUT2D eigenvalue weighted by Gasteiger charge is -2.06. The Balaban J connectivity index is 2.59. The van der Waals surface area contributed by atoms with E-state index in [-0.39, 0.29) is 0 Å². The highest BCUT2D eigenvalue weighted by Gasteiger charge is 1.99. The zero-order valence-corrected chi connectivity index (χ0v) is 9.86. The Morgan fingerprint density at radius 2 is 2.14 bits per heavy atom. The van der Waals surface area contributed by atoms with Crippen LogP contribution in [0.15, 0.2) is 18.2 Å². The summed E-state index contributed by atoms with van der Waals surface area (Å²) in [5.74, 6) is 2.38. The molecule has 0 fully saturated rings. The van der Waals surface area contributed by atoms with Gasteiger partial charge in [-0.1, -0.05) is 25.1 Å². The van der Waals surface area contributed by atoms with E-state index >= 15 is 0 Å². The van der Waals surface area contributed by atoms with Crippen LogP contribution in [0.1, 0.15) is 30.0 Å². The monoisotopic (exact) mass is 209 g/mol. The van der Waals surface area contributed by atoms with Gasteiger partial charge in [-0.15, -0.1) is 0 Å². The molecule has 2 N–H and O–H groups in total. The zero-order valence-electron chi connectivity index (χ0n) is 9.05. The largest absolute Gasteiger partial charge is 0.326 e. The van der Waals surface area contributed by atoms with Crippen molar-refractivity contribution in [3.05, 3.63) is 34.9 Å². The summed E-state index contributed by atoms with van der Waals surface area (Å²) in [5, 5.41) is 0. The van der Waals surface area contributed by atoms with E-state index < -0.39 is 0 Å². The predicted molar refractivity (Wildman–Crippen MR) is 65.5 cm³/mol. The molecule has 14 heavy (non-hydrogen) atoms. The third-order valence-corrected chi connectivity index (χ3v) is 3.46. The van der Waals surface area contributed by atoms with Crippen LogP contribution < -0.4 is 5.73 Å². The Hall–Kier alpha value is -0.470. The minimum atomic E-state index is 0.642. The second-order valence-electron chi connectivity index (χ2n) is 3.52. The first-order chi connectivity index (χ1) is 6.77. The van der Waals surface area contributed by atoms with Gasteiger partial charge in [-0.3, -0.25) is 0 Å². The molecule has 0 heterocycles. The van der Waals surface area contributed by atoms with Crippen LogP contribution in [0.3, 0.4) is 0 Å². The topological polar surface area (TPSA) is 26.0 Å². The van der Waals surface area contributed by atoms with Gasteiger partial charge in [-0.05, 0) is 35.8 Å². The smallest absolute Gasteiger partial charge is 0.0187 e.